The molecule has 0 amide bonds. The molecule has 10 heavy (non-hydrogen) atoms. The van der Waals surface area contributed by atoms with Crippen LogP contribution in [0.15, 0.2) is 4.99 Å². The van der Waals surface area contributed by atoms with Crippen molar-refractivity contribution in [2.45, 2.75) is 20.3 Å². The largest absolute Gasteiger partial charge is 0.278 e. The molecule has 0 aromatic rings. The molecule has 0 rings (SSSR count). The van der Waals surface area contributed by atoms with Crippen molar-refractivity contribution in [3.05, 3.63) is 0 Å². The van der Waals surface area contributed by atoms with Crippen molar-refractivity contribution >= 4 is 14.9 Å². The Morgan fingerprint density at radius 3 is 2.00 bits per heavy atom. The smallest absolute Gasteiger partial charge is 0.188 e. The minimum absolute atomic E-state index is 0.301. The van der Waals surface area contributed by atoms with Gasteiger partial charge in [0.1, 0.15) is 5.04 Å². The van der Waals surface area contributed by atoms with E-state index in [0.717, 1.165) is 0 Å². The van der Waals surface area contributed by atoms with Crippen LogP contribution in [0.2, 0.25) is 0 Å². The first-order chi connectivity index (χ1) is 4.52. The fraction of sp³-hybridized carbons (Fsp3) is 0.833. The third-order valence-electron chi connectivity index (χ3n) is 1.06. The van der Waals surface area contributed by atoms with Crippen LogP contribution < -0.4 is 0 Å². The van der Waals surface area contributed by atoms with Crippen molar-refractivity contribution in [3.8, 4) is 0 Å². The fourth-order valence-electron chi connectivity index (χ4n) is 0.668. The lowest BCUT2D eigenvalue weighted by Crippen LogP contribution is -2.11. The standard InChI is InChI=1S/C6H13NO2S/c1-4-6(7-5-2)10(3,8)9/h4-5H2,1-3H3/b7-6+. The zero-order valence-corrected chi connectivity index (χ0v) is 7.40. The van der Waals surface area contributed by atoms with E-state index >= 15 is 0 Å². The van der Waals surface area contributed by atoms with Gasteiger partial charge in [0.15, 0.2) is 9.84 Å². The van der Waals surface area contributed by atoms with Gasteiger partial charge in [0.25, 0.3) is 0 Å². The lowest BCUT2D eigenvalue weighted by atomic mass is 10.5. The SMILES string of the molecule is CC/N=C(\CC)S(C)(=O)=O. The van der Waals surface area contributed by atoms with E-state index in [1.165, 1.54) is 6.26 Å². The molecule has 0 aromatic heterocycles. The van der Waals surface area contributed by atoms with E-state index in [0.29, 0.717) is 18.0 Å². The van der Waals surface area contributed by atoms with Crippen LogP contribution in [0, 0.1) is 0 Å². The van der Waals surface area contributed by atoms with Gasteiger partial charge in [-0.25, -0.2) is 8.42 Å². The third kappa shape index (κ3) is 2.96. The average molecular weight is 163 g/mol. The highest BCUT2D eigenvalue weighted by molar-refractivity contribution is 8.05. The van der Waals surface area contributed by atoms with Gasteiger partial charge in [0.05, 0.1) is 0 Å². The molecule has 0 aromatic carbocycles. The van der Waals surface area contributed by atoms with Gasteiger partial charge in [-0.15, -0.1) is 0 Å². The quantitative estimate of drug-likeness (QED) is 0.447. The first kappa shape index (κ1) is 9.62. The molecule has 0 heterocycles. The van der Waals surface area contributed by atoms with Gasteiger partial charge in [0.2, 0.25) is 0 Å². The molecule has 0 aliphatic rings. The summed E-state index contributed by atoms with van der Waals surface area (Å²) in [4.78, 5) is 3.84. The molecular weight excluding hydrogens is 150 g/mol. The molecule has 0 unspecified atom stereocenters. The van der Waals surface area contributed by atoms with Gasteiger partial charge in [-0.05, 0) is 13.3 Å². The Morgan fingerprint density at radius 2 is 1.90 bits per heavy atom. The average Bonchev–Trinajstić information content (AvgIpc) is 1.80. The summed E-state index contributed by atoms with van der Waals surface area (Å²) in [6.45, 7) is 4.15. The maximum absolute atomic E-state index is 10.8. The van der Waals surface area contributed by atoms with Crippen LogP contribution in [0.3, 0.4) is 0 Å². The molecule has 0 aliphatic heterocycles. The highest BCUT2D eigenvalue weighted by atomic mass is 32.2. The maximum Gasteiger partial charge on any atom is 0.188 e. The summed E-state index contributed by atoms with van der Waals surface area (Å²) in [6, 6.07) is 0. The lowest BCUT2D eigenvalue weighted by molar-refractivity contribution is 0.611. The second-order valence-corrected chi connectivity index (χ2v) is 4.01. The molecular formula is C6H13NO2S. The zero-order chi connectivity index (χ0) is 8.20. The first-order valence-electron chi connectivity index (χ1n) is 3.25. The molecule has 0 spiro atoms. The summed E-state index contributed by atoms with van der Waals surface area (Å²) >= 11 is 0. The van der Waals surface area contributed by atoms with Crippen molar-refractivity contribution in [2.24, 2.45) is 4.99 Å². The van der Waals surface area contributed by atoms with Crippen LogP contribution >= 0.6 is 0 Å². The normalized spacial score (nSPS) is 13.7. The Hall–Kier alpha value is -0.380. The van der Waals surface area contributed by atoms with E-state index in [9.17, 15) is 8.42 Å². The van der Waals surface area contributed by atoms with Gasteiger partial charge in [0, 0.05) is 12.8 Å². The van der Waals surface area contributed by atoms with E-state index < -0.39 is 9.84 Å². The molecule has 4 heteroatoms. The predicted octanol–water partition coefficient (Wildman–Crippen LogP) is 0.859. The van der Waals surface area contributed by atoms with Crippen LogP contribution in [0.25, 0.3) is 0 Å². The predicted molar refractivity (Wildman–Crippen MR) is 43.1 cm³/mol. The number of hydrogen-bond donors (Lipinski definition) is 0. The molecule has 60 valence electrons. The maximum atomic E-state index is 10.8. The monoisotopic (exact) mass is 163 g/mol. The van der Waals surface area contributed by atoms with E-state index in [1.807, 2.05) is 6.92 Å². The Kier molecular flexibility index (Phi) is 3.57. The van der Waals surface area contributed by atoms with Gasteiger partial charge >= 0.3 is 0 Å². The van der Waals surface area contributed by atoms with Crippen LogP contribution in [0.4, 0.5) is 0 Å². The second kappa shape index (κ2) is 3.71. The highest BCUT2D eigenvalue weighted by Gasteiger charge is 2.08. The molecule has 0 saturated carbocycles. The van der Waals surface area contributed by atoms with E-state index in [-0.39, 0.29) is 0 Å². The zero-order valence-electron chi connectivity index (χ0n) is 6.59. The Labute approximate surface area is 62.1 Å². The molecule has 3 nitrogen and oxygen atoms in total. The Morgan fingerprint density at radius 1 is 1.40 bits per heavy atom. The van der Waals surface area contributed by atoms with Gasteiger partial charge in [-0.2, -0.15) is 0 Å². The number of rotatable bonds is 2. The summed E-state index contributed by atoms with van der Waals surface area (Å²) in [7, 11) is -3.03. The van der Waals surface area contributed by atoms with Crippen molar-refractivity contribution in [1.82, 2.24) is 0 Å². The molecule has 0 fully saturated rings. The molecule has 0 saturated heterocycles. The van der Waals surface area contributed by atoms with Gasteiger partial charge < -0.3 is 0 Å². The summed E-state index contributed by atoms with van der Waals surface area (Å²) < 4.78 is 21.6. The van der Waals surface area contributed by atoms with Crippen molar-refractivity contribution < 1.29 is 8.42 Å². The van der Waals surface area contributed by atoms with Crippen molar-refractivity contribution in [2.75, 3.05) is 12.8 Å². The van der Waals surface area contributed by atoms with Crippen molar-refractivity contribution in [1.29, 1.82) is 0 Å². The van der Waals surface area contributed by atoms with E-state index in [1.54, 1.807) is 6.92 Å². The molecule has 0 aliphatic carbocycles. The van der Waals surface area contributed by atoms with Crippen molar-refractivity contribution in [3.63, 3.8) is 0 Å². The van der Waals surface area contributed by atoms with Crippen LogP contribution in [0.5, 0.6) is 0 Å². The number of hydrogen-bond acceptors (Lipinski definition) is 3. The van der Waals surface area contributed by atoms with Crippen LogP contribution in [-0.4, -0.2) is 26.3 Å². The third-order valence-corrected chi connectivity index (χ3v) is 2.34. The minimum atomic E-state index is -3.03. The number of aliphatic imine (C=N–C) groups is 1. The van der Waals surface area contributed by atoms with Gasteiger partial charge in [-0.1, -0.05) is 6.92 Å². The van der Waals surface area contributed by atoms with E-state index in [4.69, 9.17) is 0 Å². The molecule has 0 radical (unpaired) electrons. The summed E-state index contributed by atoms with van der Waals surface area (Å²) in [5.74, 6) is 0. The minimum Gasteiger partial charge on any atom is -0.278 e. The van der Waals surface area contributed by atoms with Gasteiger partial charge in [-0.3, -0.25) is 4.99 Å². The summed E-state index contributed by atoms with van der Waals surface area (Å²) in [5, 5.41) is 0.301. The number of nitrogens with zero attached hydrogens (tertiary/aromatic N) is 1. The van der Waals surface area contributed by atoms with Crippen LogP contribution in [0.1, 0.15) is 20.3 Å². The summed E-state index contributed by atoms with van der Waals surface area (Å²) in [6.07, 6.45) is 1.68. The lowest BCUT2D eigenvalue weighted by Gasteiger charge is -1.97. The Balaban J connectivity index is 4.54. The molecule has 0 atom stereocenters. The topological polar surface area (TPSA) is 46.5 Å². The van der Waals surface area contributed by atoms with Crippen LogP contribution in [-0.2, 0) is 9.84 Å². The second-order valence-electron chi connectivity index (χ2n) is 1.99. The fourth-order valence-corrected chi connectivity index (χ4v) is 1.56. The number of sulfone groups is 1. The van der Waals surface area contributed by atoms with E-state index in [2.05, 4.69) is 4.99 Å². The summed E-state index contributed by atoms with van der Waals surface area (Å²) in [5.41, 5.74) is 0. The molecule has 0 bridgehead atoms. The highest BCUT2D eigenvalue weighted by Crippen LogP contribution is 1.94. The first-order valence-corrected chi connectivity index (χ1v) is 5.14. The Bertz CT molecular complexity index is 216. The molecule has 0 N–H and O–H groups in total.